The summed E-state index contributed by atoms with van der Waals surface area (Å²) in [6.07, 6.45) is 16.2. The first kappa shape index (κ1) is 16.3. The molecule has 3 aliphatic rings. The lowest BCUT2D eigenvalue weighted by molar-refractivity contribution is 0.178. The van der Waals surface area contributed by atoms with Crippen molar-refractivity contribution in [1.82, 2.24) is 0 Å². The molecular weight excluding hydrogens is 268 g/mol. The van der Waals surface area contributed by atoms with Crippen LogP contribution in [-0.4, -0.2) is 12.2 Å². The molecule has 1 nitrogen and oxygen atoms in total. The van der Waals surface area contributed by atoms with Gasteiger partial charge in [-0.25, -0.2) is 0 Å². The zero-order valence-electron chi connectivity index (χ0n) is 15.2. The Labute approximate surface area is 137 Å². The van der Waals surface area contributed by atoms with Gasteiger partial charge in [0.1, 0.15) is 0 Å². The summed E-state index contributed by atoms with van der Waals surface area (Å²) in [5.74, 6) is 1.45. The highest BCUT2D eigenvalue weighted by Gasteiger charge is 2.58. The highest BCUT2D eigenvalue weighted by molar-refractivity contribution is 5.29. The lowest BCUT2D eigenvalue weighted by atomic mass is 9.64. The molecular formula is C21H34O. The van der Waals surface area contributed by atoms with E-state index in [1.54, 1.807) is 5.57 Å². The molecule has 0 N–H and O–H groups in total. The number of fused-ring (bicyclic) bond motifs is 3. The second kappa shape index (κ2) is 5.82. The Balaban J connectivity index is 1.63. The van der Waals surface area contributed by atoms with Gasteiger partial charge in [-0.3, -0.25) is 0 Å². The number of hydrogen-bond acceptors (Lipinski definition) is 1. The lowest BCUT2D eigenvalue weighted by Gasteiger charge is -2.39. The quantitative estimate of drug-likeness (QED) is 0.439. The molecule has 0 unspecified atom stereocenters. The van der Waals surface area contributed by atoms with Gasteiger partial charge >= 0.3 is 0 Å². The Bertz CT molecular complexity index is 470. The predicted octanol–water partition coefficient (Wildman–Crippen LogP) is 5.91. The number of ether oxygens (including phenoxy) is 1. The second-order valence-corrected chi connectivity index (χ2v) is 8.50. The Hall–Kier alpha value is -0.560. The van der Waals surface area contributed by atoms with Gasteiger partial charge < -0.3 is 4.74 Å². The van der Waals surface area contributed by atoms with Crippen LogP contribution in [0.4, 0.5) is 0 Å². The molecule has 1 heterocycles. The van der Waals surface area contributed by atoms with Crippen molar-refractivity contribution in [2.75, 3.05) is 0 Å². The van der Waals surface area contributed by atoms with E-state index in [4.69, 9.17) is 4.74 Å². The first-order valence-electron chi connectivity index (χ1n) is 9.47. The minimum Gasteiger partial charge on any atom is -0.369 e. The molecule has 2 fully saturated rings. The van der Waals surface area contributed by atoms with E-state index in [-0.39, 0.29) is 0 Å². The average Bonchev–Trinajstić information content (AvgIpc) is 3.21. The largest absolute Gasteiger partial charge is 0.369 e. The second-order valence-electron chi connectivity index (χ2n) is 8.50. The van der Waals surface area contributed by atoms with Crippen molar-refractivity contribution in [3.05, 3.63) is 23.8 Å². The molecule has 1 saturated carbocycles. The predicted molar refractivity (Wildman–Crippen MR) is 93.8 cm³/mol. The monoisotopic (exact) mass is 302 g/mol. The molecule has 0 aromatic heterocycles. The maximum Gasteiger partial charge on any atom is 0.0881 e. The Morgan fingerprint density at radius 1 is 1.41 bits per heavy atom. The molecule has 1 saturated heterocycles. The summed E-state index contributed by atoms with van der Waals surface area (Å²) in [4.78, 5) is 0. The summed E-state index contributed by atoms with van der Waals surface area (Å²) in [5.41, 5.74) is 2.53. The summed E-state index contributed by atoms with van der Waals surface area (Å²) >= 11 is 0. The molecule has 124 valence electrons. The molecule has 0 radical (unpaired) electrons. The molecule has 0 bridgehead atoms. The van der Waals surface area contributed by atoms with Crippen LogP contribution >= 0.6 is 0 Å². The fourth-order valence-corrected chi connectivity index (χ4v) is 4.91. The van der Waals surface area contributed by atoms with Gasteiger partial charge in [0, 0.05) is 5.92 Å². The van der Waals surface area contributed by atoms with Gasteiger partial charge in [0.25, 0.3) is 0 Å². The highest BCUT2D eigenvalue weighted by Crippen LogP contribution is 2.60. The average molecular weight is 303 g/mol. The van der Waals surface area contributed by atoms with Crippen molar-refractivity contribution in [1.29, 1.82) is 0 Å². The zero-order valence-corrected chi connectivity index (χ0v) is 15.2. The maximum absolute atomic E-state index is 5.89. The fraction of sp³-hybridized carbons (Fsp3) is 0.810. The van der Waals surface area contributed by atoms with E-state index in [1.165, 1.54) is 38.5 Å². The molecule has 0 amide bonds. The van der Waals surface area contributed by atoms with Gasteiger partial charge in [-0.2, -0.15) is 0 Å². The van der Waals surface area contributed by atoms with Crippen LogP contribution in [0.1, 0.15) is 73.1 Å². The van der Waals surface area contributed by atoms with Gasteiger partial charge in [-0.05, 0) is 55.3 Å². The zero-order chi connectivity index (χ0) is 16.0. The van der Waals surface area contributed by atoms with Crippen molar-refractivity contribution in [2.45, 2.75) is 85.4 Å². The third-order valence-corrected chi connectivity index (χ3v) is 7.19. The first-order chi connectivity index (χ1) is 10.4. The van der Waals surface area contributed by atoms with Gasteiger partial charge in [0.2, 0.25) is 0 Å². The van der Waals surface area contributed by atoms with E-state index in [9.17, 15) is 0 Å². The van der Waals surface area contributed by atoms with E-state index in [0.717, 1.165) is 5.92 Å². The third-order valence-electron chi connectivity index (χ3n) is 7.19. The van der Waals surface area contributed by atoms with E-state index in [0.29, 0.717) is 29.0 Å². The Morgan fingerprint density at radius 2 is 2.14 bits per heavy atom. The van der Waals surface area contributed by atoms with Crippen LogP contribution in [0.2, 0.25) is 0 Å². The van der Waals surface area contributed by atoms with Crippen LogP contribution in [0, 0.1) is 22.7 Å². The minimum atomic E-state index is 0.385. The van der Waals surface area contributed by atoms with Gasteiger partial charge in [-0.1, -0.05) is 58.4 Å². The summed E-state index contributed by atoms with van der Waals surface area (Å²) in [7, 11) is 0. The SMILES string of the molecule is CCC(C)(/C=C/C[C@H](C)C1=CC[C@H]2[C@H]3O[C@H]3CC[C@]12C)CC. The molecule has 0 spiro atoms. The molecule has 22 heavy (non-hydrogen) atoms. The van der Waals surface area contributed by atoms with Crippen molar-refractivity contribution in [3.63, 3.8) is 0 Å². The van der Waals surface area contributed by atoms with Crippen LogP contribution in [0.5, 0.6) is 0 Å². The molecule has 0 aromatic carbocycles. The number of epoxide rings is 1. The molecule has 1 aliphatic heterocycles. The highest BCUT2D eigenvalue weighted by atomic mass is 16.6. The number of allylic oxidation sites excluding steroid dienone is 4. The Morgan fingerprint density at radius 3 is 2.82 bits per heavy atom. The maximum atomic E-state index is 5.89. The standard InChI is InChI=1S/C21H34O/c1-6-20(4,7-2)13-8-9-15(3)16-10-11-17-19-18(22-19)12-14-21(16,17)5/h8,10,13,15,17-19H,6-7,9,11-12,14H2,1-5H3/b13-8+/t15-,17-,18-,19+,21+/m0/s1. The van der Waals surface area contributed by atoms with Crippen LogP contribution in [0.3, 0.4) is 0 Å². The van der Waals surface area contributed by atoms with Crippen LogP contribution < -0.4 is 0 Å². The number of rotatable bonds is 6. The van der Waals surface area contributed by atoms with Gasteiger partial charge in [0.05, 0.1) is 12.2 Å². The van der Waals surface area contributed by atoms with Gasteiger partial charge in [0.15, 0.2) is 0 Å². The smallest absolute Gasteiger partial charge is 0.0881 e. The number of hydrogen-bond donors (Lipinski definition) is 0. The summed E-state index contributed by atoms with van der Waals surface area (Å²) in [6, 6.07) is 0. The fourth-order valence-electron chi connectivity index (χ4n) is 4.91. The van der Waals surface area contributed by atoms with Crippen molar-refractivity contribution in [2.24, 2.45) is 22.7 Å². The molecule has 1 heteroatoms. The van der Waals surface area contributed by atoms with Gasteiger partial charge in [-0.15, -0.1) is 0 Å². The topological polar surface area (TPSA) is 12.5 Å². The normalized spacial score (nSPS) is 38.6. The lowest BCUT2D eigenvalue weighted by Crippen LogP contribution is -2.35. The van der Waals surface area contributed by atoms with E-state index >= 15 is 0 Å². The summed E-state index contributed by atoms with van der Waals surface area (Å²) < 4.78 is 5.89. The van der Waals surface area contributed by atoms with Crippen LogP contribution in [-0.2, 0) is 4.74 Å². The van der Waals surface area contributed by atoms with E-state index in [2.05, 4.69) is 52.8 Å². The molecule has 0 aromatic rings. The third kappa shape index (κ3) is 2.70. The minimum absolute atomic E-state index is 0.385. The Kier molecular flexibility index (Phi) is 4.31. The molecule has 5 atom stereocenters. The van der Waals surface area contributed by atoms with Crippen molar-refractivity contribution in [3.8, 4) is 0 Å². The first-order valence-corrected chi connectivity index (χ1v) is 9.47. The van der Waals surface area contributed by atoms with E-state index < -0.39 is 0 Å². The summed E-state index contributed by atoms with van der Waals surface area (Å²) in [6.45, 7) is 11.9. The van der Waals surface area contributed by atoms with Crippen molar-refractivity contribution < 1.29 is 4.74 Å². The van der Waals surface area contributed by atoms with Crippen LogP contribution in [0.15, 0.2) is 23.8 Å². The van der Waals surface area contributed by atoms with Crippen molar-refractivity contribution >= 4 is 0 Å². The van der Waals surface area contributed by atoms with E-state index in [1.807, 2.05) is 0 Å². The van der Waals surface area contributed by atoms with Crippen LogP contribution in [0.25, 0.3) is 0 Å². The molecule has 3 rings (SSSR count). The summed E-state index contributed by atoms with van der Waals surface area (Å²) in [5, 5.41) is 0. The molecule has 2 aliphatic carbocycles.